The van der Waals surface area contributed by atoms with Gasteiger partial charge in [-0.15, -0.1) is 4.68 Å². The van der Waals surface area contributed by atoms with Gasteiger partial charge in [0, 0.05) is 5.10 Å². The van der Waals surface area contributed by atoms with Crippen LogP contribution in [0.1, 0.15) is 20.8 Å². The lowest BCUT2D eigenvalue weighted by Gasteiger charge is -2.10. The Hall–Kier alpha value is -0.860. The maximum absolute atomic E-state index is 4.17. The van der Waals surface area contributed by atoms with Crippen LogP contribution >= 0.6 is 0 Å². The summed E-state index contributed by atoms with van der Waals surface area (Å²) in [5, 5.41) is 4.17. The predicted octanol–water partition coefficient (Wildman–Crippen LogP) is 0.463. The van der Waals surface area contributed by atoms with E-state index in [-0.39, 0.29) is 5.54 Å². The molecule has 1 heterocycles. The minimum Gasteiger partial charge on any atom is -0.240 e. The van der Waals surface area contributed by atoms with Crippen LogP contribution in [0.15, 0.2) is 12.7 Å². The van der Waals surface area contributed by atoms with Crippen LogP contribution in [0.3, 0.4) is 0 Å². The first-order chi connectivity index (χ1) is 4.50. The van der Waals surface area contributed by atoms with Crippen molar-refractivity contribution in [2.45, 2.75) is 26.3 Å². The largest absolute Gasteiger partial charge is 0.264 e. The predicted molar refractivity (Wildman–Crippen MR) is 38.4 cm³/mol. The average molecular weight is 140 g/mol. The van der Waals surface area contributed by atoms with Crippen LogP contribution in [0.2, 0.25) is 0 Å². The van der Waals surface area contributed by atoms with E-state index in [1.54, 1.807) is 6.33 Å². The van der Waals surface area contributed by atoms with Crippen molar-refractivity contribution in [1.82, 2.24) is 9.78 Å². The molecule has 56 valence electrons. The van der Waals surface area contributed by atoms with Gasteiger partial charge in [0.05, 0.1) is 7.05 Å². The van der Waals surface area contributed by atoms with E-state index in [4.69, 9.17) is 0 Å². The minimum absolute atomic E-state index is 0.0985. The second kappa shape index (κ2) is 2.08. The summed E-state index contributed by atoms with van der Waals surface area (Å²) in [6, 6.07) is 0. The molecule has 1 rings (SSSR count). The molecule has 3 heteroatoms. The van der Waals surface area contributed by atoms with Gasteiger partial charge in [0.25, 0.3) is 6.33 Å². The van der Waals surface area contributed by atoms with Gasteiger partial charge in [0.2, 0.25) is 6.33 Å². The Morgan fingerprint density at radius 2 is 2.00 bits per heavy atom. The van der Waals surface area contributed by atoms with Crippen molar-refractivity contribution in [2.24, 2.45) is 7.05 Å². The van der Waals surface area contributed by atoms with Gasteiger partial charge >= 0.3 is 0 Å². The fourth-order valence-corrected chi connectivity index (χ4v) is 0.716. The van der Waals surface area contributed by atoms with E-state index >= 15 is 0 Å². The molecule has 1 aromatic heterocycles. The minimum atomic E-state index is 0.0985. The number of rotatable bonds is 0. The molecule has 0 saturated heterocycles. The highest BCUT2D eigenvalue weighted by Gasteiger charge is 2.19. The normalized spacial score (nSPS) is 12.0. The average Bonchev–Trinajstić information content (AvgIpc) is 2.11. The van der Waals surface area contributed by atoms with Gasteiger partial charge in [-0.05, 0) is 20.8 Å². The molecule has 0 aliphatic rings. The van der Waals surface area contributed by atoms with Gasteiger partial charge in [-0.2, -0.15) is 0 Å². The highest BCUT2D eigenvalue weighted by atomic mass is 15.4. The Morgan fingerprint density at radius 1 is 1.40 bits per heavy atom. The van der Waals surface area contributed by atoms with Gasteiger partial charge in [0.1, 0.15) is 5.54 Å². The molecule has 0 radical (unpaired) electrons. The number of hydrogen-bond donors (Lipinski definition) is 0. The van der Waals surface area contributed by atoms with E-state index in [0.29, 0.717) is 0 Å². The monoisotopic (exact) mass is 140 g/mol. The quantitative estimate of drug-likeness (QED) is 0.480. The van der Waals surface area contributed by atoms with Gasteiger partial charge in [0.15, 0.2) is 0 Å². The highest BCUT2D eigenvalue weighted by Crippen LogP contribution is 2.08. The third kappa shape index (κ3) is 1.35. The fraction of sp³-hybridized carbons (Fsp3) is 0.714. The fourth-order valence-electron chi connectivity index (χ4n) is 0.716. The summed E-state index contributed by atoms with van der Waals surface area (Å²) >= 11 is 0. The van der Waals surface area contributed by atoms with E-state index < -0.39 is 0 Å². The molecular weight excluding hydrogens is 126 g/mol. The van der Waals surface area contributed by atoms with Gasteiger partial charge in [-0.25, -0.2) is 4.57 Å². The lowest BCUT2D eigenvalue weighted by atomic mass is 10.1. The third-order valence-electron chi connectivity index (χ3n) is 1.34. The van der Waals surface area contributed by atoms with Crippen molar-refractivity contribution in [3.63, 3.8) is 0 Å². The molecule has 0 aliphatic carbocycles. The Kier molecular flexibility index (Phi) is 1.50. The van der Waals surface area contributed by atoms with E-state index in [0.717, 1.165) is 0 Å². The highest BCUT2D eigenvalue weighted by molar-refractivity contribution is 4.67. The smallest absolute Gasteiger partial charge is 0.240 e. The standard InChI is InChI=1S/C7H14N3/c1-7(2,3)10-6-9(4)5-8-10/h5-6H,1-4H3/q+1. The summed E-state index contributed by atoms with van der Waals surface area (Å²) in [6.07, 6.45) is 3.77. The van der Waals surface area contributed by atoms with E-state index in [2.05, 4.69) is 25.9 Å². The van der Waals surface area contributed by atoms with Crippen molar-refractivity contribution in [3.8, 4) is 0 Å². The topological polar surface area (TPSA) is 21.7 Å². The maximum Gasteiger partial charge on any atom is 0.264 e. The van der Waals surface area contributed by atoms with E-state index in [9.17, 15) is 0 Å². The maximum atomic E-state index is 4.17. The molecule has 0 amide bonds. The molecular formula is C7H14N3+. The second-order valence-electron chi connectivity index (χ2n) is 3.53. The van der Waals surface area contributed by atoms with E-state index in [1.165, 1.54) is 0 Å². The summed E-state index contributed by atoms with van der Waals surface area (Å²) in [6.45, 7) is 6.38. The van der Waals surface area contributed by atoms with Crippen molar-refractivity contribution < 1.29 is 4.57 Å². The first-order valence-corrected chi connectivity index (χ1v) is 3.40. The van der Waals surface area contributed by atoms with Gasteiger partial charge in [-0.3, -0.25) is 0 Å². The van der Waals surface area contributed by atoms with Crippen LogP contribution in [-0.2, 0) is 12.6 Å². The lowest BCUT2D eigenvalue weighted by molar-refractivity contribution is -0.672. The summed E-state index contributed by atoms with van der Waals surface area (Å²) < 4.78 is 3.87. The van der Waals surface area contributed by atoms with Crippen LogP contribution in [-0.4, -0.2) is 9.78 Å². The first-order valence-electron chi connectivity index (χ1n) is 3.40. The summed E-state index contributed by atoms with van der Waals surface area (Å²) in [5.41, 5.74) is 0.0985. The Balaban J connectivity index is 2.96. The molecule has 10 heavy (non-hydrogen) atoms. The summed E-state index contributed by atoms with van der Waals surface area (Å²) in [4.78, 5) is 0. The zero-order valence-corrected chi connectivity index (χ0v) is 7.00. The van der Waals surface area contributed by atoms with Gasteiger partial charge < -0.3 is 0 Å². The molecule has 0 fully saturated rings. The summed E-state index contributed by atoms with van der Waals surface area (Å²) in [5.74, 6) is 0. The van der Waals surface area contributed by atoms with Crippen LogP contribution in [0.4, 0.5) is 0 Å². The van der Waals surface area contributed by atoms with E-state index in [1.807, 2.05) is 22.6 Å². The van der Waals surface area contributed by atoms with Crippen molar-refractivity contribution in [2.75, 3.05) is 0 Å². The molecule has 0 bridgehead atoms. The third-order valence-corrected chi connectivity index (χ3v) is 1.34. The Morgan fingerprint density at radius 3 is 2.20 bits per heavy atom. The van der Waals surface area contributed by atoms with Crippen LogP contribution in [0, 0.1) is 0 Å². The molecule has 0 aliphatic heterocycles. The Bertz CT molecular complexity index is 219. The molecule has 0 aromatic carbocycles. The van der Waals surface area contributed by atoms with Gasteiger partial charge in [-0.1, -0.05) is 0 Å². The van der Waals surface area contributed by atoms with Crippen LogP contribution in [0.5, 0.6) is 0 Å². The Labute approximate surface area is 61.3 Å². The molecule has 0 spiro atoms. The molecule has 0 unspecified atom stereocenters. The molecule has 0 N–H and O–H groups in total. The molecule has 1 aromatic rings. The van der Waals surface area contributed by atoms with Crippen molar-refractivity contribution in [3.05, 3.63) is 12.7 Å². The summed E-state index contributed by atoms with van der Waals surface area (Å²) in [7, 11) is 1.97. The van der Waals surface area contributed by atoms with Crippen LogP contribution < -0.4 is 4.57 Å². The SMILES string of the molecule is C[n+]1cnn(C(C)(C)C)c1. The number of hydrogen-bond acceptors (Lipinski definition) is 1. The lowest BCUT2D eigenvalue weighted by Crippen LogP contribution is -2.27. The van der Waals surface area contributed by atoms with Crippen molar-refractivity contribution in [1.29, 1.82) is 0 Å². The number of nitrogens with zero attached hydrogens (tertiary/aromatic N) is 3. The first kappa shape index (κ1) is 7.25. The second-order valence-corrected chi connectivity index (χ2v) is 3.53. The number of aromatic nitrogens is 3. The zero-order valence-electron chi connectivity index (χ0n) is 7.00. The molecule has 3 nitrogen and oxygen atoms in total. The zero-order chi connectivity index (χ0) is 7.78. The molecule has 0 atom stereocenters. The molecule has 0 saturated carbocycles. The van der Waals surface area contributed by atoms with Crippen molar-refractivity contribution >= 4 is 0 Å². The number of aryl methyl sites for hydroxylation is 1. The van der Waals surface area contributed by atoms with Crippen LogP contribution in [0.25, 0.3) is 0 Å².